The number of Topliss-reactive ketones (excluding diaryl/α,β-unsaturated/α-hetero) is 1. The summed E-state index contributed by atoms with van der Waals surface area (Å²) in [6.07, 6.45) is -0.678. The molecule has 0 fully saturated rings. The first-order valence-corrected chi connectivity index (χ1v) is 10.9. The van der Waals surface area contributed by atoms with E-state index in [-0.39, 0.29) is 5.56 Å². The summed E-state index contributed by atoms with van der Waals surface area (Å²) in [7, 11) is -3.20. The van der Waals surface area contributed by atoms with Crippen LogP contribution in [0.2, 0.25) is 0 Å². The second-order valence-electron chi connectivity index (χ2n) is 6.31. The van der Waals surface area contributed by atoms with E-state index in [0.29, 0.717) is 18.0 Å². The van der Waals surface area contributed by atoms with Gasteiger partial charge in [-0.3, -0.25) is 14.4 Å². The van der Waals surface area contributed by atoms with E-state index in [0.717, 1.165) is 7.11 Å². The molecule has 1 N–H and O–H groups in total. The summed E-state index contributed by atoms with van der Waals surface area (Å²) in [5.74, 6) is -2.81. The molecule has 0 bridgehead atoms. The summed E-state index contributed by atoms with van der Waals surface area (Å²) in [6, 6.07) is 14.1. The maximum absolute atomic E-state index is 12.8. The molecule has 2 rings (SSSR count). The smallest absolute Gasteiger partial charge is 0.307 e. The lowest BCUT2D eigenvalue weighted by molar-refractivity contribution is -0.140. The van der Waals surface area contributed by atoms with Crippen LogP contribution >= 0.6 is 0 Å². The molecule has 0 spiro atoms. The number of anilines is 1. The lowest BCUT2D eigenvalue weighted by atomic mass is 10.1. The average Bonchev–Trinajstić information content (AvgIpc) is 2.73. The van der Waals surface area contributed by atoms with Crippen LogP contribution in [0, 0.1) is 0 Å². The van der Waals surface area contributed by atoms with Gasteiger partial charge in [0.25, 0.3) is 0 Å². The van der Waals surface area contributed by atoms with Crippen molar-refractivity contribution in [1.29, 1.82) is 0 Å². The van der Waals surface area contributed by atoms with Crippen molar-refractivity contribution < 1.29 is 32.3 Å². The van der Waals surface area contributed by atoms with Crippen molar-refractivity contribution in [3.05, 3.63) is 60.2 Å². The lowest BCUT2D eigenvalue weighted by Gasteiger charge is -2.16. The Hall–Kier alpha value is -3.20. The molecule has 0 saturated heterocycles. The molecule has 0 radical (unpaired) electrons. The van der Waals surface area contributed by atoms with E-state index in [4.69, 9.17) is 4.74 Å². The first-order valence-electron chi connectivity index (χ1n) is 9.17. The fourth-order valence-corrected chi connectivity index (χ4v) is 4.18. The normalized spacial score (nSPS) is 11.9. The number of amides is 1. The highest BCUT2D eigenvalue weighted by Gasteiger charge is 2.37. The molecule has 0 aliphatic rings. The maximum Gasteiger partial charge on any atom is 0.307 e. The molecule has 1 unspecified atom stereocenters. The van der Waals surface area contributed by atoms with Crippen molar-refractivity contribution >= 4 is 33.2 Å². The Morgan fingerprint density at radius 2 is 1.63 bits per heavy atom. The van der Waals surface area contributed by atoms with E-state index in [2.05, 4.69) is 10.1 Å². The summed E-state index contributed by atoms with van der Waals surface area (Å²) in [4.78, 5) is 36.8. The molecule has 0 aromatic heterocycles. The van der Waals surface area contributed by atoms with Crippen molar-refractivity contribution in [1.82, 2.24) is 0 Å². The average molecular weight is 433 g/mol. The van der Waals surface area contributed by atoms with Crippen LogP contribution in [-0.2, 0) is 24.2 Å². The SMILES string of the molecule is CCOc1ccc(NC(=O)CS(=O)(=O)C(CC(=O)OC)C(=O)c2ccccc2)cc1. The second kappa shape index (κ2) is 10.5. The number of benzene rings is 2. The highest BCUT2D eigenvalue weighted by molar-refractivity contribution is 7.93. The van der Waals surface area contributed by atoms with Gasteiger partial charge in [0, 0.05) is 11.3 Å². The number of hydrogen-bond acceptors (Lipinski definition) is 7. The molecular formula is C21H23NO7S. The predicted molar refractivity (Wildman–Crippen MR) is 111 cm³/mol. The van der Waals surface area contributed by atoms with Crippen molar-refractivity contribution in [3.63, 3.8) is 0 Å². The van der Waals surface area contributed by atoms with Crippen LogP contribution in [0.5, 0.6) is 5.75 Å². The van der Waals surface area contributed by atoms with Crippen molar-refractivity contribution in [2.75, 3.05) is 24.8 Å². The summed E-state index contributed by atoms with van der Waals surface area (Å²) < 4.78 is 35.5. The zero-order valence-electron chi connectivity index (χ0n) is 16.7. The van der Waals surface area contributed by atoms with Gasteiger partial charge >= 0.3 is 5.97 Å². The molecule has 0 saturated carbocycles. The number of sulfone groups is 1. The van der Waals surface area contributed by atoms with Crippen molar-refractivity contribution in [3.8, 4) is 5.75 Å². The molecule has 0 aliphatic heterocycles. The van der Waals surface area contributed by atoms with E-state index in [9.17, 15) is 22.8 Å². The van der Waals surface area contributed by atoms with Crippen LogP contribution < -0.4 is 10.1 Å². The molecule has 1 atom stereocenters. The second-order valence-corrected chi connectivity index (χ2v) is 8.50. The van der Waals surface area contributed by atoms with E-state index >= 15 is 0 Å². The third kappa shape index (κ3) is 6.41. The Morgan fingerprint density at radius 3 is 2.20 bits per heavy atom. The Kier molecular flexibility index (Phi) is 8.11. The number of nitrogens with one attached hydrogen (secondary N) is 1. The summed E-state index contributed by atoms with van der Waals surface area (Å²) >= 11 is 0. The summed E-state index contributed by atoms with van der Waals surface area (Å²) in [5, 5.41) is 0.743. The van der Waals surface area contributed by atoms with Gasteiger partial charge < -0.3 is 14.8 Å². The molecule has 2 aromatic rings. The summed E-state index contributed by atoms with van der Waals surface area (Å²) in [5.41, 5.74) is 0.499. The topological polar surface area (TPSA) is 116 Å². The first kappa shape index (κ1) is 23.1. The molecule has 0 heterocycles. The van der Waals surface area contributed by atoms with Crippen LogP contribution in [0.25, 0.3) is 0 Å². The molecule has 1 amide bonds. The minimum atomic E-state index is -4.30. The third-order valence-electron chi connectivity index (χ3n) is 4.15. The van der Waals surface area contributed by atoms with Crippen molar-refractivity contribution in [2.45, 2.75) is 18.6 Å². The van der Waals surface area contributed by atoms with Crippen LogP contribution in [0.4, 0.5) is 5.69 Å². The van der Waals surface area contributed by atoms with E-state index in [1.54, 1.807) is 42.5 Å². The molecule has 0 aliphatic carbocycles. The quantitative estimate of drug-likeness (QED) is 0.451. The number of methoxy groups -OCH3 is 1. The fourth-order valence-electron chi connectivity index (χ4n) is 2.69. The minimum Gasteiger partial charge on any atom is -0.494 e. The molecule has 2 aromatic carbocycles. The van der Waals surface area contributed by atoms with Gasteiger partial charge in [-0.1, -0.05) is 30.3 Å². The zero-order valence-corrected chi connectivity index (χ0v) is 17.5. The number of carbonyl (C=O) groups is 3. The zero-order chi connectivity index (χ0) is 22.1. The number of ketones is 1. The van der Waals surface area contributed by atoms with E-state index in [1.165, 1.54) is 12.1 Å². The largest absolute Gasteiger partial charge is 0.494 e. The number of ether oxygens (including phenoxy) is 2. The molecule has 30 heavy (non-hydrogen) atoms. The molecule has 9 heteroatoms. The number of rotatable bonds is 10. The number of esters is 1. The van der Waals surface area contributed by atoms with Gasteiger partial charge in [0.2, 0.25) is 5.91 Å². The fraction of sp³-hybridized carbons (Fsp3) is 0.286. The van der Waals surface area contributed by atoms with Crippen LogP contribution in [0.3, 0.4) is 0 Å². The van der Waals surface area contributed by atoms with Gasteiger partial charge in [0.1, 0.15) is 16.8 Å². The van der Waals surface area contributed by atoms with Gasteiger partial charge in [-0.05, 0) is 31.2 Å². The Morgan fingerprint density at radius 1 is 1.00 bits per heavy atom. The predicted octanol–water partition coefficient (Wildman–Crippen LogP) is 2.25. The Labute approximate surface area is 175 Å². The van der Waals surface area contributed by atoms with Crippen LogP contribution in [0.1, 0.15) is 23.7 Å². The Balaban J connectivity index is 2.17. The molecule has 160 valence electrons. The summed E-state index contributed by atoms with van der Waals surface area (Å²) in [6.45, 7) is 2.32. The van der Waals surface area contributed by atoms with E-state index in [1.807, 2.05) is 6.92 Å². The van der Waals surface area contributed by atoms with Crippen LogP contribution in [-0.4, -0.2) is 50.8 Å². The standard InChI is InChI=1S/C21H23NO7S/c1-3-29-17-11-9-16(10-12-17)22-19(23)14-30(26,27)18(13-20(24)28-2)21(25)15-7-5-4-6-8-15/h4-12,18H,3,13-14H2,1-2H3,(H,22,23). The lowest BCUT2D eigenvalue weighted by Crippen LogP contribution is -2.38. The van der Waals surface area contributed by atoms with E-state index < -0.39 is 44.9 Å². The molecule has 8 nitrogen and oxygen atoms in total. The maximum atomic E-state index is 12.8. The number of carbonyl (C=O) groups excluding carboxylic acids is 3. The van der Waals surface area contributed by atoms with Gasteiger partial charge in [0.15, 0.2) is 15.6 Å². The highest BCUT2D eigenvalue weighted by atomic mass is 32.2. The number of hydrogen-bond donors (Lipinski definition) is 1. The highest BCUT2D eigenvalue weighted by Crippen LogP contribution is 2.18. The van der Waals surface area contributed by atoms with Crippen molar-refractivity contribution in [2.24, 2.45) is 0 Å². The van der Waals surface area contributed by atoms with Gasteiger partial charge in [-0.2, -0.15) is 0 Å². The van der Waals surface area contributed by atoms with Crippen LogP contribution in [0.15, 0.2) is 54.6 Å². The third-order valence-corrected chi connectivity index (χ3v) is 6.06. The first-order chi connectivity index (χ1) is 14.3. The monoisotopic (exact) mass is 433 g/mol. The Bertz CT molecular complexity index is 986. The van der Waals surface area contributed by atoms with Gasteiger partial charge in [0.05, 0.1) is 20.1 Å². The van der Waals surface area contributed by atoms with Gasteiger partial charge in [-0.25, -0.2) is 8.42 Å². The molecular weight excluding hydrogens is 410 g/mol. The van der Waals surface area contributed by atoms with Gasteiger partial charge in [-0.15, -0.1) is 0 Å². The minimum absolute atomic E-state index is 0.127.